The maximum absolute atomic E-state index is 12.8. The van der Waals surface area contributed by atoms with Gasteiger partial charge in [-0.3, -0.25) is 4.79 Å². The van der Waals surface area contributed by atoms with Crippen LogP contribution in [0.3, 0.4) is 0 Å². The molecule has 0 spiro atoms. The van der Waals surface area contributed by atoms with Crippen molar-refractivity contribution >= 4 is 22.6 Å². The monoisotopic (exact) mass is 363 g/mol. The molecule has 0 fully saturated rings. The van der Waals surface area contributed by atoms with Gasteiger partial charge < -0.3 is 14.5 Å². The van der Waals surface area contributed by atoms with Crippen LogP contribution in [0, 0.1) is 0 Å². The molecule has 0 aliphatic carbocycles. The third-order valence-electron chi connectivity index (χ3n) is 4.19. The highest BCUT2D eigenvalue weighted by atomic mass is 16.5. The first-order chi connectivity index (χ1) is 13.2. The number of nitrogens with zero attached hydrogens (tertiary/aromatic N) is 4. The van der Waals surface area contributed by atoms with Crippen molar-refractivity contribution in [3.8, 4) is 11.4 Å². The van der Waals surface area contributed by atoms with E-state index in [1.807, 2.05) is 42.5 Å². The number of methoxy groups -OCH3 is 1. The van der Waals surface area contributed by atoms with Crippen LogP contribution >= 0.6 is 0 Å². The Balaban J connectivity index is 1.66. The van der Waals surface area contributed by atoms with Crippen LogP contribution in [-0.4, -0.2) is 33.2 Å². The van der Waals surface area contributed by atoms with Gasteiger partial charge in [-0.05, 0) is 28.6 Å². The van der Waals surface area contributed by atoms with Gasteiger partial charge in [0.15, 0.2) is 11.6 Å². The first-order valence-corrected chi connectivity index (χ1v) is 8.31. The number of aryl methyl sites for hydroxylation is 1. The van der Waals surface area contributed by atoms with Crippen LogP contribution in [0.2, 0.25) is 0 Å². The van der Waals surface area contributed by atoms with Gasteiger partial charge in [-0.15, -0.1) is 5.10 Å². The van der Waals surface area contributed by atoms with Crippen molar-refractivity contribution in [3.05, 3.63) is 59.9 Å². The fourth-order valence-corrected chi connectivity index (χ4v) is 2.97. The topological polar surface area (TPSA) is 95.1 Å². The second kappa shape index (κ2) is 7.00. The van der Waals surface area contributed by atoms with Crippen LogP contribution in [0.4, 0.5) is 5.69 Å². The molecular weight excluding hydrogens is 346 g/mol. The lowest BCUT2D eigenvalue weighted by molar-refractivity contribution is 0.0992. The Morgan fingerprint density at radius 3 is 2.85 bits per heavy atom. The molecule has 8 heteroatoms. The minimum Gasteiger partial charge on any atom is -0.451 e. The summed E-state index contributed by atoms with van der Waals surface area (Å²) in [6.45, 7) is 0.282. The van der Waals surface area contributed by atoms with Gasteiger partial charge in [-0.25, -0.2) is 4.68 Å². The molecule has 1 amide bonds. The summed E-state index contributed by atoms with van der Waals surface area (Å²) in [5.74, 6) is 0.505. The Morgan fingerprint density at radius 2 is 2.07 bits per heavy atom. The number of hydrogen-bond acceptors (Lipinski definition) is 6. The molecular formula is C19H17N5O3. The lowest BCUT2D eigenvalue weighted by atomic mass is 10.1. The van der Waals surface area contributed by atoms with Crippen molar-refractivity contribution in [2.45, 2.75) is 6.61 Å². The number of para-hydroxylation sites is 1. The Bertz CT molecular complexity index is 1120. The molecule has 0 bridgehead atoms. The molecule has 0 aliphatic rings. The minimum absolute atomic E-state index is 0.240. The molecule has 2 heterocycles. The van der Waals surface area contributed by atoms with Gasteiger partial charge in [0.25, 0.3) is 5.91 Å². The number of rotatable bonds is 5. The number of furan rings is 1. The Labute approximate surface area is 154 Å². The highest BCUT2D eigenvalue weighted by Gasteiger charge is 2.20. The van der Waals surface area contributed by atoms with E-state index in [2.05, 4.69) is 20.8 Å². The number of carbonyl (C=O) groups excluding carboxylic acids is 1. The van der Waals surface area contributed by atoms with Crippen LogP contribution in [0.1, 0.15) is 16.1 Å². The molecule has 8 nitrogen and oxygen atoms in total. The number of amides is 1. The van der Waals surface area contributed by atoms with Crippen LogP contribution in [-0.2, 0) is 18.4 Å². The lowest BCUT2D eigenvalue weighted by Crippen LogP contribution is -2.13. The second-order valence-electron chi connectivity index (χ2n) is 6.00. The number of nitrogens with one attached hydrogen (secondary N) is 1. The molecule has 2 aromatic carbocycles. The predicted octanol–water partition coefficient (Wildman–Crippen LogP) is 3.02. The van der Waals surface area contributed by atoms with E-state index in [0.29, 0.717) is 17.1 Å². The summed E-state index contributed by atoms with van der Waals surface area (Å²) >= 11 is 0. The number of ether oxygens (including phenoxy) is 1. The Kier molecular flexibility index (Phi) is 4.39. The number of carbonyl (C=O) groups is 1. The van der Waals surface area contributed by atoms with Gasteiger partial charge in [0.05, 0.1) is 6.61 Å². The van der Waals surface area contributed by atoms with Gasteiger partial charge in [0, 0.05) is 36.4 Å². The van der Waals surface area contributed by atoms with Gasteiger partial charge in [0.1, 0.15) is 5.58 Å². The molecule has 0 saturated heterocycles. The molecule has 0 aliphatic heterocycles. The van der Waals surface area contributed by atoms with Crippen LogP contribution in [0.25, 0.3) is 22.4 Å². The average Bonchev–Trinajstić information content (AvgIpc) is 3.26. The quantitative estimate of drug-likeness (QED) is 0.586. The summed E-state index contributed by atoms with van der Waals surface area (Å²) in [5, 5.41) is 15.2. The summed E-state index contributed by atoms with van der Waals surface area (Å²) in [5.41, 5.74) is 2.78. The molecule has 27 heavy (non-hydrogen) atoms. The van der Waals surface area contributed by atoms with Crippen molar-refractivity contribution in [2.75, 3.05) is 12.4 Å². The van der Waals surface area contributed by atoms with E-state index >= 15 is 0 Å². The lowest BCUT2D eigenvalue weighted by Gasteiger charge is -2.07. The summed E-state index contributed by atoms with van der Waals surface area (Å²) < 4.78 is 12.6. The van der Waals surface area contributed by atoms with E-state index in [9.17, 15) is 4.79 Å². The van der Waals surface area contributed by atoms with Crippen molar-refractivity contribution in [1.82, 2.24) is 20.2 Å². The van der Waals surface area contributed by atoms with Crippen LogP contribution < -0.4 is 5.32 Å². The highest BCUT2D eigenvalue weighted by Crippen LogP contribution is 2.28. The fraction of sp³-hybridized carbons (Fsp3) is 0.158. The Morgan fingerprint density at radius 1 is 1.22 bits per heavy atom. The fourth-order valence-electron chi connectivity index (χ4n) is 2.97. The number of aromatic nitrogens is 4. The van der Waals surface area contributed by atoms with E-state index in [4.69, 9.17) is 9.15 Å². The zero-order chi connectivity index (χ0) is 18.8. The largest absolute Gasteiger partial charge is 0.451 e. The summed E-state index contributed by atoms with van der Waals surface area (Å²) in [6, 6.07) is 14.8. The van der Waals surface area contributed by atoms with Gasteiger partial charge in [-0.2, -0.15) is 0 Å². The number of fused-ring (bicyclic) bond motifs is 1. The predicted molar refractivity (Wildman–Crippen MR) is 99.1 cm³/mol. The molecule has 2 aromatic heterocycles. The number of benzene rings is 2. The maximum atomic E-state index is 12.8. The average molecular weight is 363 g/mol. The van der Waals surface area contributed by atoms with E-state index in [0.717, 1.165) is 16.5 Å². The third-order valence-corrected chi connectivity index (χ3v) is 4.19. The number of tetrazole rings is 1. The molecule has 136 valence electrons. The number of hydrogen-bond donors (Lipinski definition) is 1. The zero-order valence-electron chi connectivity index (χ0n) is 14.8. The van der Waals surface area contributed by atoms with E-state index < -0.39 is 0 Å². The molecule has 0 atom stereocenters. The highest BCUT2D eigenvalue weighted by molar-refractivity contribution is 6.06. The summed E-state index contributed by atoms with van der Waals surface area (Å²) in [6.07, 6.45) is 0. The third kappa shape index (κ3) is 3.18. The molecule has 4 aromatic rings. The molecule has 1 N–H and O–H groups in total. The molecule has 0 saturated carbocycles. The summed E-state index contributed by atoms with van der Waals surface area (Å²) in [7, 11) is 3.34. The maximum Gasteiger partial charge on any atom is 0.291 e. The van der Waals surface area contributed by atoms with Gasteiger partial charge >= 0.3 is 0 Å². The van der Waals surface area contributed by atoms with E-state index in [-0.39, 0.29) is 18.3 Å². The van der Waals surface area contributed by atoms with Gasteiger partial charge in [-0.1, -0.05) is 30.3 Å². The molecule has 4 rings (SSSR count). The van der Waals surface area contributed by atoms with Crippen molar-refractivity contribution < 1.29 is 13.9 Å². The Hall–Kier alpha value is -3.52. The van der Waals surface area contributed by atoms with E-state index in [1.54, 1.807) is 24.9 Å². The van der Waals surface area contributed by atoms with Crippen molar-refractivity contribution in [2.24, 2.45) is 7.05 Å². The summed E-state index contributed by atoms with van der Waals surface area (Å²) in [4.78, 5) is 12.8. The first kappa shape index (κ1) is 16.9. The van der Waals surface area contributed by atoms with Gasteiger partial charge in [0.2, 0.25) is 0 Å². The molecule has 0 unspecified atom stereocenters. The first-order valence-electron chi connectivity index (χ1n) is 8.31. The minimum atomic E-state index is -0.341. The van der Waals surface area contributed by atoms with Crippen molar-refractivity contribution in [3.63, 3.8) is 0 Å². The molecule has 0 radical (unpaired) electrons. The smallest absolute Gasteiger partial charge is 0.291 e. The van der Waals surface area contributed by atoms with E-state index in [1.165, 1.54) is 0 Å². The van der Waals surface area contributed by atoms with Crippen molar-refractivity contribution in [1.29, 1.82) is 0 Å². The normalized spacial score (nSPS) is 11.0. The van der Waals surface area contributed by atoms with Crippen LogP contribution in [0.15, 0.2) is 52.9 Å². The van der Waals surface area contributed by atoms with Crippen LogP contribution in [0.5, 0.6) is 0 Å². The second-order valence-corrected chi connectivity index (χ2v) is 6.00. The standard InChI is InChI=1S/C19H17N5O3/c1-24-18(21-22-23-24)12-6-5-7-13(10-12)20-19(25)17-15(11-26-2)14-8-3-4-9-16(14)27-17/h3-10H,11H2,1-2H3,(H,20,25). The zero-order valence-corrected chi connectivity index (χ0v) is 14.8. The number of anilines is 1. The SMILES string of the molecule is COCc1c(C(=O)Nc2cccc(-c3nnnn3C)c2)oc2ccccc12.